The highest BCUT2D eigenvalue weighted by atomic mass is 16.3. The van der Waals surface area contributed by atoms with E-state index < -0.39 is 0 Å². The quantitative estimate of drug-likeness (QED) is 0.644. The van der Waals surface area contributed by atoms with E-state index in [1.807, 2.05) is 31.2 Å². The summed E-state index contributed by atoms with van der Waals surface area (Å²) in [7, 11) is 0. The van der Waals surface area contributed by atoms with Crippen molar-refractivity contribution in [2.75, 3.05) is 0 Å². The Morgan fingerprint density at radius 2 is 2.00 bits per heavy atom. The molecule has 0 fully saturated rings. The van der Waals surface area contributed by atoms with Crippen LogP contribution in [0.5, 0.6) is 0 Å². The zero-order valence-corrected chi connectivity index (χ0v) is 9.75. The topological polar surface area (TPSA) is 56.0 Å². The van der Waals surface area contributed by atoms with Gasteiger partial charge in [-0.25, -0.2) is 4.98 Å². The molecule has 0 saturated heterocycles. The lowest BCUT2D eigenvalue weighted by molar-refractivity contribution is 0.101. The van der Waals surface area contributed by atoms with Crippen LogP contribution in [0.4, 0.5) is 0 Å². The van der Waals surface area contributed by atoms with Crippen LogP contribution in [0.3, 0.4) is 0 Å². The van der Waals surface area contributed by atoms with Gasteiger partial charge in [0.1, 0.15) is 11.3 Å². The molecule has 4 nitrogen and oxygen atoms in total. The van der Waals surface area contributed by atoms with Crippen molar-refractivity contribution in [1.82, 2.24) is 9.97 Å². The molecule has 3 rings (SSSR count). The number of nitrogens with zero attached hydrogens (tertiary/aromatic N) is 2. The summed E-state index contributed by atoms with van der Waals surface area (Å²) in [6.07, 6.45) is 3.03. The third-order valence-electron chi connectivity index (χ3n) is 2.66. The Labute approximate surface area is 103 Å². The number of carbonyl (C=O) groups excluding carboxylic acids is 1. The maximum absolute atomic E-state index is 12.1. The molecule has 0 saturated carbocycles. The number of carbonyl (C=O) groups is 1. The van der Waals surface area contributed by atoms with Gasteiger partial charge in [0, 0.05) is 11.6 Å². The average molecular weight is 238 g/mol. The maximum Gasteiger partial charge on any atom is 0.248 e. The molecule has 1 aromatic carbocycles. The third kappa shape index (κ3) is 1.78. The van der Waals surface area contributed by atoms with E-state index in [0.29, 0.717) is 11.3 Å². The van der Waals surface area contributed by atoms with E-state index in [0.717, 1.165) is 11.1 Å². The first-order chi connectivity index (χ1) is 8.74. The van der Waals surface area contributed by atoms with Crippen LogP contribution in [-0.2, 0) is 0 Å². The van der Waals surface area contributed by atoms with E-state index in [-0.39, 0.29) is 11.5 Å². The molecule has 18 heavy (non-hydrogen) atoms. The van der Waals surface area contributed by atoms with Crippen molar-refractivity contribution in [3.63, 3.8) is 0 Å². The minimum Gasteiger partial charge on any atom is -0.453 e. The maximum atomic E-state index is 12.1. The average Bonchev–Trinajstić information content (AvgIpc) is 2.82. The molecular formula is C14H10N2O2. The van der Waals surface area contributed by atoms with Crippen molar-refractivity contribution >= 4 is 16.8 Å². The van der Waals surface area contributed by atoms with Gasteiger partial charge in [0.25, 0.3) is 0 Å². The fourth-order valence-electron chi connectivity index (χ4n) is 1.73. The predicted octanol–water partition coefficient (Wildman–Crippen LogP) is 2.76. The van der Waals surface area contributed by atoms with Gasteiger partial charge in [0.15, 0.2) is 5.76 Å². The van der Waals surface area contributed by atoms with E-state index in [4.69, 9.17) is 4.42 Å². The number of fused-ring (bicyclic) bond motifs is 1. The SMILES string of the molecule is Cc1cnc(C(=O)c2cc3ccccc3o2)cn1. The molecule has 3 aromatic rings. The number of para-hydroxylation sites is 1. The minimum absolute atomic E-state index is 0.251. The third-order valence-corrected chi connectivity index (χ3v) is 2.66. The van der Waals surface area contributed by atoms with Crippen LogP contribution >= 0.6 is 0 Å². The Morgan fingerprint density at radius 1 is 1.17 bits per heavy atom. The first-order valence-electron chi connectivity index (χ1n) is 5.56. The van der Waals surface area contributed by atoms with Gasteiger partial charge in [-0.15, -0.1) is 0 Å². The van der Waals surface area contributed by atoms with Gasteiger partial charge in [-0.2, -0.15) is 0 Å². The zero-order chi connectivity index (χ0) is 12.5. The van der Waals surface area contributed by atoms with Crippen LogP contribution in [0, 0.1) is 6.92 Å². The van der Waals surface area contributed by atoms with E-state index in [1.165, 1.54) is 6.20 Å². The number of benzene rings is 1. The fraction of sp³-hybridized carbons (Fsp3) is 0.0714. The Bertz CT molecular complexity index is 681. The van der Waals surface area contributed by atoms with Crippen LogP contribution < -0.4 is 0 Å². The Morgan fingerprint density at radius 3 is 2.72 bits per heavy atom. The smallest absolute Gasteiger partial charge is 0.248 e. The first-order valence-corrected chi connectivity index (χ1v) is 5.56. The number of hydrogen-bond acceptors (Lipinski definition) is 4. The minimum atomic E-state index is -0.251. The molecule has 0 spiro atoms. The van der Waals surface area contributed by atoms with Crippen LogP contribution in [0.25, 0.3) is 11.0 Å². The monoisotopic (exact) mass is 238 g/mol. The molecule has 0 radical (unpaired) electrons. The van der Waals surface area contributed by atoms with Gasteiger partial charge in [-0.3, -0.25) is 9.78 Å². The van der Waals surface area contributed by atoms with E-state index in [1.54, 1.807) is 12.3 Å². The normalized spacial score (nSPS) is 10.7. The standard InChI is InChI=1S/C14H10N2O2/c1-9-7-16-11(8-15-9)14(17)13-6-10-4-2-3-5-12(10)18-13/h2-8H,1H3. The summed E-state index contributed by atoms with van der Waals surface area (Å²) < 4.78 is 5.50. The predicted molar refractivity (Wildman–Crippen MR) is 66.4 cm³/mol. The molecule has 0 N–H and O–H groups in total. The molecule has 4 heteroatoms. The second-order valence-electron chi connectivity index (χ2n) is 4.02. The van der Waals surface area contributed by atoms with Crippen LogP contribution in [0.1, 0.15) is 21.9 Å². The lowest BCUT2D eigenvalue weighted by atomic mass is 10.2. The summed E-state index contributed by atoms with van der Waals surface area (Å²) in [4.78, 5) is 20.2. The lowest BCUT2D eigenvalue weighted by Crippen LogP contribution is -2.03. The molecule has 0 amide bonds. The van der Waals surface area contributed by atoms with Gasteiger partial charge >= 0.3 is 0 Å². The van der Waals surface area contributed by atoms with Gasteiger partial charge in [-0.1, -0.05) is 18.2 Å². The van der Waals surface area contributed by atoms with Crippen molar-refractivity contribution in [2.24, 2.45) is 0 Å². The molecular weight excluding hydrogens is 228 g/mol. The van der Waals surface area contributed by atoms with Gasteiger partial charge in [0.2, 0.25) is 5.78 Å². The van der Waals surface area contributed by atoms with Crippen molar-refractivity contribution in [3.8, 4) is 0 Å². The lowest BCUT2D eigenvalue weighted by Gasteiger charge is -1.96. The summed E-state index contributed by atoms with van der Waals surface area (Å²) in [6, 6.07) is 9.21. The fourth-order valence-corrected chi connectivity index (χ4v) is 1.73. The Balaban J connectivity index is 2.03. The van der Waals surface area contributed by atoms with Crippen molar-refractivity contribution < 1.29 is 9.21 Å². The van der Waals surface area contributed by atoms with Gasteiger partial charge in [0.05, 0.1) is 11.9 Å². The second-order valence-corrected chi connectivity index (χ2v) is 4.02. The van der Waals surface area contributed by atoms with Crippen LogP contribution in [0.2, 0.25) is 0 Å². The van der Waals surface area contributed by atoms with Crippen LogP contribution in [0.15, 0.2) is 47.1 Å². The summed E-state index contributed by atoms with van der Waals surface area (Å²) >= 11 is 0. The second kappa shape index (κ2) is 4.07. The molecule has 0 unspecified atom stereocenters. The highest BCUT2D eigenvalue weighted by Crippen LogP contribution is 2.20. The van der Waals surface area contributed by atoms with Gasteiger partial charge < -0.3 is 4.42 Å². The Kier molecular flexibility index (Phi) is 2.41. The molecule has 0 aliphatic heterocycles. The largest absolute Gasteiger partial charge is 0.453 e. The number of hydrogen-bond donors (Lipinski definition) is 0. The molecule has 0 bridgehead atoms. The molecule has 2 aromatic heterocycles. The molecule has 0 atom stereocenters. The van der Waals surface area contributed by atoms with E-state index >= 15 is 0 Å². The first kappa shape index (κ1) is 10.7. The number of aryl methyl sites for hydroxylation is 1. The zero-order valence-electron chi connectivity index (χ0n) is 9.75. The molecule has 88 valence electrons. The molecule has 2 heterocycles. The van der Waals surface area contributed by atoms with Crippen LogP contribution in [-0.4, -0.2) is 15.8 Å². The van der Waals surface area contributed by atoms with Crippen molar-refractivity contribution in [3.05, 3.63) is 59.9 Å². The summed E-state index contributed by atoms with van der Waals surface area (Å²) in [6.45, 7) is 1.82. The number of furan rings is 1. The number of aromatic nitrogens is 2. The summed E-state index contributed by atoms with van der Waals surface area (Å²) in [5, 5.41) is 0.904. The summed E-state index contributed by atoms with van der Waals surface area (Å²) in [5.41, 5.74) is 1.76. The number of ketones is 1. The van der Waals surface area contributed by atoms with E-state index in [2.05, 4.69) is 9.97 Å². The summed E-state index contributed by atoms with van der Waals surface area (Å²) in [5.74, 6) is 0.0352. The molecule has 0 aliphatic carbocycles. The van der Waals surface area contributed by atoms with Gasteiger partial charge in [-0.05, 0) is 19.1 Å². The molecule has 0 aliphatic rings. The highest BCUT2D eigenvalue weighted by Gasteiger charge is 2.15. The van der Waals surface area contributed by atoms with Crippen molar-refractivity contribution in [1.29, 1.82) is 0 Å². The van der Waals surface area contributed by atoms with E-state index in [9.17, 15) is 4.79 Å². The highest BCUT2D eigenvalue weighted by molar-refractivity contribution is 6.07. The number of rotatable bonds is 2. The van der Waals surface area contributed by atoms with Crippen molar-refractivity contribution in [2.45, 2.75) is 6.92 Å². The Hall–Kier alpha value is -2.49.